The summed E-state index contributed by atoms with van der Waals surface area (Å²) in [5, 5.41) is 2.96. The molecule has 0 radical (unpaired) electrons. The van der Waals surface area contributed by atoms with Crippen LogP contribution in [0.25, 0.3) is 0 Å². The van der Waals surface area contributed by atoms with Gasteiger partial charge < -0.3 is 15.8 Å². The van der Waals surface area contributed by atoms with E-state index in [0.717, 1.165) is 39.0 Å². The fourth-order valence-corrected chi connectivity index (χ4v) is 1.76. The zero-order valence-electron chi connectivity index (χ0n) is 10.4. The summed E-state index contributed by atoms with van der Waals surface area (Å²) in [7, 11) is 0. The van der Waals surface area contributed by atoms with Crippen molar-refractivity contribution in [3.63, 3.8) is 0 Å². The van der Waals surface area contributed by atoms with Crippen LogP contribution in [0.4, 0.5) is 0 Å². The molecule has 0 aliphatic carbocycles. The Hall–Kier alpha value is -0.610. The highest BCUT2D eigenvalue weighted by Crippen LogP contribution is 2.18. The number of nitrogens with one attached hydrogen (secondary N) is 1. The molecule has 3 N–H and O–H groups in total. The Bertz CT molecular complexity index is 223. The zero-order valence-corrected chi connectivity index (χ0v) is 10.4. The lowest BCUT2D eigenvalue weighted by Crippen LogP contribution is -2.42. The Morgan fingerprint density at radius 3 is 2.62 bits per heavy atom. The second-order valence-corrected chi connectivity index (χ2v) is 5.19. The predicted octanol–water partition coefficient (Wildman–Crippen LogP) is 0.904. The number of rotatable bonds is 5. The summed E-state index contributed by atoms with van der Waals surface area (Å²) in [6, 6.07) is 0. The Morgan fingerprint density at radius 2 is 2.06 bits per heavy atom. The number of nitrogens with two attached hydrogens (primary N) is 1. The van der Waals surface area contributed by atoms with Crippen molar-refractivity contribution in [1.82, 2.24) is 5.32 Å². The van der Waals surface area contributed by atoms with Gasteiger partial charge in [0.15, 0.2) is 0 Å². The van der Waals surface area contributed by atoms with Gasteiger partial charge in [-0.05, 0) is 39.0 Å². The molecule has 0 saturated carbocycles. The van der Waals surface area contributed by atoms with Gasteiger partial charge in [0.25, 0.3) is 0 Å². The first-order valence-corrected chi connectivity index (χ1v) is 6.12. The molecule has 1 fully saturated rings. The summed E-state index contributed by atoms with van der Waals surface area (Å²) in [4.78, 5) is 11.7. The van der Waals surface area contributed by atoms with E-state index in [1.54, 1.807) is 0 Å². The van der Waals surface area contributed by atoms with Gasteiger partial charge >= 0.3 is 0 Å². The molecule has 0 spiro atoms. The monoisotopic (exact) mass is 228 g/mol. The molecule has 0 aromatic carbocycles. The van der Waals surface area contributed by atoms with Crippen LogP contribution in [0.3, 0.4) is 0 Å². The molecule has 4 nitrogen and oxygen atoms in total. The second kappa shape index (κ2) is 6.21. The van der Waals surface area contributed by atoms with Crippen molar-refractivity contribution < 1.29 is 9.53 Å². The van der Waals surface area contributed by atoms with E-state index in [9.17, 15) is 4.79 Å². The van der Waals surface area contributed by atoms with Gasteiger partial charge in [-0.1, -0.05) is 0 Å². The van der Waals surface area contributed by atoms with Crippen molar-refractivity contribution in [3.05, 3.63) is 0 Å². The van der Waals surface area contributed by atoms with E-state index in [4.69, 9.17) is 10.5 Å². The molecule has 1 amide bonds. The van der Waals surface area contributed by atoms with Crippen molar-refractivity contribution in [2.75, 3.05) is 26.3 Å². The number of hydrogen-bond acceptors (Lipinski definition) is 3. The highest BCUT2D eigenvalue weighted by Gasteiger charge is 2.25. The summed E-state index contributed by atoms with van der Waals surface area (Å²) in [6.45, 7) is 6.62. The molecule has 0 aromatic rings. The van der Waals surface area contributed by atoms with Crippen molar-refractivity contribution in [1.29, 1.82) is 0 Å². The minimum atomic E-state index is -0.449. The van der Waals surface area contributed by atoms with E-state index >= 15 is 0 Å². The van der Waals surface area contributed by atoms with Crippen LogP contribution in [0.2, 0.25) is 0 Å². The molecule has 1 saturated heterocycles. The normalized spacial score (nSPS) is 18.4. The van der Waals surface area contributed by atoms with Crippen molar-refractivity contribution >= 4 is 5.91 Å². The lowest BCUT2D eigenvalue weighted by Gasteiger charge is -2.24. The molecule has 1 rings (SSSR count). The standard InChI is InChI=1S/C12H24N2O2/c1-12(2,9-13)11(15)14-6-3-10-4-7-16-8-5-10/h10H,3-9,13H2,1-2H3,(H,14,15). The van der Waals surface area contributed by atoms with E-state index in [1.165, 1.54) is 0 Å². The van der Waals surface area contributed by atoms with Crippen LogP contribution in [-0.4, -0.2) is 32.2 Å². The molecule has 0 atom stereocenters. The molecule has 1 aliphatic heterocycles. The summed E-state index contributed by atoms with van der Waals surface area (Å²) in [5.74, 6) is 0.761. The molecule has 1 aliphatic rings. The van der Waals surface area contributed by atoms with Gasteiger partial charge in [-0.25, -0.2) is 0 Å². The van der Waals surface area contributed by atoms with Crippen LogP contribution in [0.1, 0.15) is 33.1 Å². The van der Waals surface area contributed by atoms with Crippen LogP contribution in [0.5, 0.6) is 0 Å². The fraction of sp³-hybridized carbons (Fsp3) is 0.917. The van der Waals surface area contributed by atoms with E-state index in [0.29, 0.717) is 12.5 Å². The van der Waals surface area contributed by atoms with Crippen LogP contribution < -0.4 is 11.1 Å². The molecular formula is C12H24N2O2. The molecule has 1 heterocycles. The van der Waals surface area contributed by atoms with Gasteiger partial charge in [-0.2, -0.15) is 0 Å². The lowest BCUT2D eigenvalue weighted by atomic mass is 9.92. The van der Waals surface area contributed by atoms with Gasteiger partial charge in [0.2, 0.25) is 5.91 Å². The third-order valence-electron chi connectivity index (χ3n) is 3.30. The number of amides is 1. The Labute approximate surface area is 97.9 Å². The minimum Gasteiger partial charge on any atom is -0.381 e. The number of ether oxygens (including phenoxy) is 1. The number of carbonyl (C=O) groups excluding carboxylic acids is 1. The maximum Gasteiger partial charge on any atom is 0.226 e. The molecule has 0 aromatic heterocycles. The van der Waals surface area contributed by atoms with Gasteiger partial charge in [-0.15, -0.1) is 0 Å². The zero-order chi connectivity index (χ0) is 12.0. The average Bonchev–Trinajstić information content (AvgIpc) is 2.30. The highest BCUT2D eigenvalue weighted by molar-refractivity contribution is 5.81. The SMILES string of the molecule is CC(C)(CN)C(=O)NCCC1CCOCC1. The largest absolute Gasteiger partial charge is 0.381 e. The third-order valence-corrected chi connectivity index (χ3v) is 3.30. The van der Waals surface area contributed by atoms with Crippen molar-refractivity contribution in [2.45, 2.75) is 33.1 Å². The quantitative estimate of drug-likeness (QED) is 0.735. The highest BCUT2D eigenvalue weighted by atomic mass is 16.5. The van der Waals surface area contributed by atoms with Crippen molar-refractivity contribution in [2.24, 2.45) is 17.1 Å². The van der Waals surface area contributed by atoms with E-state index in [1.807, 2.05) is 13.8 Å². The molecule has 4 heteroatoms. The van der Waals surface area contributed by atoms with Crippen molar-refractivity contribution in [3.8, 4) is 0 Å². The lowest BCUT2D eigenvalue weighted by molar-refractivity contribution is -0.128. The van der Waals surface area contributed by atoms with Gasteiger partial charge in [-0.3, -0.25) is 4.79 Å². The Morgan fingerprint density at radius 1 is 1.44 bits per heavy atom. The van der Waals surface area contributed by atoms with E-state index in [-0.39, 0.29) is 5.91 Å². The summed E-state index contributed by atoms with van der Waals surface area (Å²) in [6.07, 6.45) is 3.29. The molecule has 0 bridgehead atoms. The number of carbonyl (C=O) groups is 1. The average molecular weight is 228 g/mol. The summed E-state index contributed by atoms with van der Waals surface area (Å²) < 4.78 is 5.29. The Balaban J connectivity index is 2.17. The first-order valence-electron chi connectivity index (χ1n) is 6.12. The first kappa shape index (κ1) is 13.5. The minimum absolute atomic E-state index is 0.0575. The van der Waals surface area contributed by atoms with Crippen LogP contribution >= 0.6 is 0 Å². The molecular weight excluding hydrogens is 204 g/mol. The van der Waals surface area contributed by atoms with E-state index < -0.39 is 5.41 Å². The van der Waals surface area contributed by atoms with Gasteiger partial charge in [0.05, 0.1) is 5.41 Å². The smallest absolute Gasteiger partial charge is 0.226 e. The molecule has 94 valence electrons. The third kappa shape index (κ3) is 4.10. The topological polar surface area (TPSA) is 64.4 Å². The number of hydrogen-bond donors (Lipinski definition) is 2. The van der Waals surface area contributed by atoms with Gasteiger partial charge in [0, 0.05) is 26.3 Å². The maximum atomic E-state index is 11.7. The van der Waals surface area contributed by atoms with E-state index in [2.05, 4.69) is 5.32 Å². The van der Waals surface area contributed by atoms with Crippen LogP contribution in [-0.2, 0) is 9.53 Å². The molecule has 0 unspecified atom stereocenters. The first-order chi connectivity index (χ1) is 7.56. The van der Waals surface area contributed by atoms with Crippen LogP contribution in [0, 0.1) is 11.3 Å². The summed E-state index contributed by atoms with van der Waals surface area (Å²) >= 11 is 0. The van der Waals surface area contributed by atoms with Gasteiger partial charge in [0.1, 0.15) is 0 Å². The van der Waals surface area contributed by atoms with Crippen LogP contribution in [0.15, 0.2) is 0 Å². The second-order valence-electron chi connectivity index (χ2n) is 5.19. The Kier molecular flexibility index (Phi) is 5.22. The molecule has 16 heavy (non-hydrogen) atoms. The predicted molar refractivity (Wildman–Crippen MR) is 64.0 cm³/mol. The fourth-order valence-electron chi connectivity index (χ4n) is 1.76. The maximum absolute atomic E-state index is 11.7. The summed E-state index contributed by atoms with van der Waals surface area (Å²) in [5.41, 5.74) is 5.10.